The Hall–Kier alpha value is -3.12. The SMILES string of the molecule is O=S(=O)(Cc1ccccc1)Nc1ccccc1C(=NO)c1ccccc1. The van der Waals surface area contributed by atoms with Crippen molar-refractivity contribution in [2.45, 2.75) is 5.75 Å². The van der Waals surface area contributed by atoms with E-state index in [1.807, 2.05) is 24.3 Å². The smallest absolute Gasteiger partial charge is 0.236 e. The van der Waals surface area contributed by atoms with Gasteiger partial charge in [0.1, 0.15) is 5.71 Å². The third kappa shape index (κ3) is 4.29. The van der Waals surface area contributed by atoms with Crippen LogP contribution in [0.25, 0.3) is 0 Å². The number of benzene rings is 3. The number of hydrogen-bond donors (Lipinski definition) is 2. The summed E-state index contributed by atoms with van der Waals surface area (Å²) in [5.74, 6) is -0.140. The molecule has 0 aromatic heterocycles. The Morgan fingerprint density at radius 1 is 0.846 bits per heavy atom. The van der Waals surface area contributed by atoms with E-state index in [1.54, 1.807) is 60.7 Å². The van der Waals surface area contributed by atoms with E-state index in [1.165, 1.54) is 0 Å². The second-order valence-electron chi connectivity index (χ2n) is 5.71. The number of para-hydroxylation sites is 1. The van der Waals surface area contributed by atoms with Crippen LogP contribution in [0.3, 0.4) is 0 Å². The van der Waals surface area contributed by atoms with E-state index in [4.69, 9.17) is 0 Å². The fourth-order valence-electron chi connectivity index (χ4n) is 2.64. The molecule has 0 unspecified atom stereocenters. The molecule has 0 bridgehead atoms. The molecule has 0 radical (unpaired) electrons. The van der Waals surface area contributed by atoms with Gasteiger partial charge in [-0.2, -0.15) is 0 Å². The summed E-state index contributed by atoms with van der Waals surface area (Å²) in [5.41, 5.74) is 2.53. The minimum atomic E-state index is -3.62. The molecule has 0 aliphatic rings. The Bertz CT molecular complexity index is 1000. The summed E-state index contributed by atoms with van der Waals surface area (Å²) in [6.45, 7) is 0. The highest BCUT2D eigenvalue weighted by atomic mass is 32.2. The van der Waals surface area contributed by atoms with E-state index >= 15 is 0 Å². The topological polar surface area (TPSA) is 78.8 Å². The standard InChI is InChI=1S/C20H18N2O3S/c23-21-20(17-11-5-2-6-12-17)18-13-7-8-14-19(18)22-26(24,25)15-16-9-3-1-4-10-16/h1-14,22-23H,15H2. The molecule has 2 N–H and O–H groups in total. The van der Waals surface area contributed by atoms with Crippen LogP contribution in [0.1, 0.15) is 16.7 Å². The van der Waals surface area contributed by atoms with Crippen molar-refractivity contribution >= 4 is 21.4 Å². The van der Waals surface area contributed by atoms with Crippen LogP contribution in [-0.2, 0) is 15.8 Å². The Labute approximate surface area is 152 Å². The summed E-state index contributed by atoms with van der Waals surface area (Å²) in [5, 5.41) is 12.9. The van der Waals surface area contributed by atoms with E-state index in [0.717, 1.165) is 0 Å². The normalized spacial score (nSPS) is 11.9. The summed E-state index contributed by atoms with van der Waals surface area (Å²) < 4.78 is 27.7. The van der Waals surface area contributed by atoms with Crippen LogP contribution < -0.4 is 4.72 Å². The van der Waals surface area contributed by atoms with Crippen molar-refractivity contribution in [2.24, 2.45) is 5.16 Å². The molecule has 0 aliphatic carbocycles. The Morgan fingerprint density at radius 3 is 2.08 bits per heavy atom. The predicted molar refractivity (Wildman–Crippen MR) is 103 cm³/mol. The number of rotatable bonds is 6. The van der Waals surface area contributed by atoms with Crippen LogP contribution in [0, 0.1) is 0 Å². The Kier molecular flexibility index (Phi) is 5.34. The van der Waals surface area contributed by atoms with Gasteiger partial charge in [0.2, 0.25) is 10.0 Å². The van der Waals surface area contributed by atoms with Gasteiger partial charge >= 0.3 is 0 Å². The van der Waals surface area contributed by atoms with Crippen molar-refractivity contribution in [1.82, 2.24) is 0 Å². The molecule has 0 fully saturated rings. The molecule has 0 amide bonds. The monoisotopic (exact) mass is 366 g/mol. The number of sulfonamides is 1. The maximum atomic E-state index is 12.6. The van der Waals surface area contributed by atoms with Gasteiger partial charge < -0.3 is 5.21 Å². The van der Waals surface area contributed by atoms with Gasteiger partial charge in [-0.1, -0.05) is 84.0 Å². The molecule has 132 valence electrons. The first-order valence-corrected chi connectivity index (χ1v) is 9.65. The van der Waals surface area contributed by atoms with Gasteiger partial charge in [-0.3, -0.25) is 4.72 Å². The first kappa shape index (κ1) is 17.7. The van der Waals surface area contributed by atoms with Crippen molar-refractivity contribution in [3.63, 3.8) is 0 Å². The number of oxime groups is 1. The van der Waals surface area contributed by atoms with Gasteiger partial charge in [0.25, 0.3) is 0 Å². The van der Waals surface area contributed by atoms with E-state index in [2.05, 4.69) is 9.88 Å². The van der Waals surface area contributed by atoms with Gasteiger partial charge in [0.15, 0.2) is 0 Å². The highest BCUT2D eigenvalue weighted by Gasteiger charge is 2.17. The van der Waals surface area contributed by atoms with Crippen molar-refractivity contribution in [3.8, 4) is 0 Å². The van der Waals surface area contributed by atoms with Crippen molar-refractivity contribution in [2.75, 3.05) is 4.72 Å². The first-order chi connectivity index (χ1) is 12.6. The molecule has 0 heterocycles. The number of nitrogens with one attached hydrogen (secondary N) is 1. The summed E-state index contributed by atoms with van der Waals surface area (Å²) >= 11 is 0. The molecule has 0 spiro atoms. The zero-order chi connectivity index (χ0) is 18.4. The number of anilines is 1. The molecule has 5 nitrogen and oxygen atoms in total. The molecule has 6 heteroatoms. The lowest BCUT2D eigenvalue weighted by Gasteiger charge is -2.14. The molecule has 0 saturated carbocycles. The van der Waals surface area contributed by atoms with E-state index < -0.39 is 10.0 Å². The predicted octanol–water partition coefficient (Wildman–Crippen LogP) is 3.86. The highest BCUT2D eigenvalue weighted by molar-refractivity contribution is 7.91. The molecule has 3 rings (SSSR count). The van der Waals surface area contributed by atoms with Crippen LogP contribution in [0.2, 0.25) is 0 Å². The average Bonchev–Trinajstić information content (AvgIpc) is 2.65. The lowest BCUT2D eigenvalue weighted by atomic mass is 10.0. The van der Waals surface area contributed by atoms with Crippen LogP contribution in [-0.4, -0.2) is 19.3 Å². The van der Waals surface area contributed by atoms with Gasteiger partial charge in [0.05, 0.1) is 11.4 Å². The zero-order valence-corrected chi connectivity index (χ0v) is 14.7. The largest absolute Gasteiger partial charge is 0.410 e. The fraction of sp³-hybridized carbons (Fsp3) is 0.0500. The molecule has 0 saturated heterocycles. The number of hydrogen-bond acceptors (Lipinski definition) is 4. The molecule has 3 aromatic rings. The maximum absolute atomic E-state index is 12.6. The minimum absolute atomic E-state index is 0.140. The average molecular weight is 366 g/mol. The van der Waals surface area contributed by atoms with Gasteiger partial charge in [0, 0.05) is 11.1 Å². The Balaban J connectivity index is 1.92. The minimum Gasteiger partial charge on any atom is -0.410 e. The van der Waals surface area contributed by atoms with Crippen molar-refractivity contribution in [1.29, 1.82) is 0 Å². The second-order valence-corrected chi connectivity index (χ2v) is 7.43. The molecular weight excluding hydrogens is 348 g/mol. The quantitative estimate of drug-likeness (QED) is 0.395. The molecule has 26 heavy (non-hydrogen) atoms. The van der Waals surface area contributed by atoms with Crippen LogP contribution in [0.5, 0.6) is 0 Å². The summed E-state index contributed by atoms with van der Waals surface area (Å²) in [6.07, 6.45) is 0. The lowest BCUT2D eigenvalue weighted by Crippen LogP contribution is -2.17. The second kappa shape index (κ2) is 7.84. The molecule has 0 aliphatic heterocycles. The lowest BCUT2D eigenvalue weighted by molar-refractivity contribution is 0.319. The van der Waals surface area contributed by atoms with E-state index in [-0.39, 0.29) is 5.75 Å². The molecule has 0 atom stereocenters. The number of nitrogens with zero attached hydrogens (tertiary/aromatic N) is 1. The summed E-state index contributed by atoms with van der Waals surface area (Å²) in [4.78, 5) is 0. The van der Waals surface area contributed by atoms with E-state index in [0.29, 0.717) is 28.1 Å². The third-order valence-corrected chi connectivity index (χ3v) is 5.04. The first-order valence-electron chi connectivity index (χ1n) is 8.00. The van der Waals surface area contributed by atoms with E-state index in [9.17, 15) is 13.6 Å². The van der Waals surface area contributed by atoms with Gasteiger partial charge in [-0.05, 0) is 11.6 Å². The maximum Gasteiger partial charge on any atom is 0.236 e. The van der Waals surface area contributed by atoms with Crippen LogP contribution in [0.15, 0.2) is 90.1 Å². The van der Waals surface area contributed by atoms with Crippen molar-refractivity contribution in [3.05, 3.63) is 102 Å². The summed E-state index contributed by atoms with van der Waals surface area (Å²) in [7, 11) is -3.62. The molecular formula is C20H18N2O3S. The fourth-order valence-corrected chi connectivity index (χ4v) is 3.86. The van der Waals surface area contributed by atoms with Crippen LogP contribution in [0.4, 0.5) is 5.69 Å². The molecule has 3 aromatic carbocycles. The Morgan fingerprint density at radius 2 is 1.42 bits per heavy atom. The highest BCUT2D eigenvalue weighted by Crippen LogP contribution is 2.22. The van der Waals surface area contributed by atoms with Gasteiger partial charge in [-0.25, -0.2) is 8.42 Å². The van der Waals surface area contributed by atoms with Crippen LogP contribution >= 0.6 is 0 Å². The van der Waals surface area contributed by atoms with Crippen molar-refractivity contribution < 1.29 is 13.6 Å². The van der Waals surface area contributed by atoms with Gasteiger partial charge in [-0.15, -0.1) is 0 Å². The third-order valence-electron chi connectivity index (χ3n) is 3.79. The summed E-state index contributed by atoms with van der Waals surface area (Å²) in [6, 6.07) is 24.9. The zero-order valence-electron chi connectivity index (χ0n) is 13.9.